The third-order valence-corrected chi connectivity index (χ3v) is 2.41. The van der Waals surface area contributed by atoms with E-state index in [-0.39, 0.29) is 0 Å². The Morgan fingerprint density at radius 1 is 0.636 bits per heavy atom. The Kier molecular flexibility index (Phi) is 5.62. The topological polar surface area (TPSA) is 0 Å². The summed E-state index contributed by atoms with van der Waals surface area (Å²) in [4.78, 5) is 0. The maximum Gasteiger partial charge on any atom is -0.0438 e. The highest BCUT2D eigenvalue weighted by Gasteiger charge is 2.19. The van der Waals surface area contributed by atoms with E-state index in [9.17, 15) is 0 Å². The van der Waals surface area contributed by atoms with E-state index in [0.717, 1.165) is 17.8 Å². The number of hydrogen-bond acceptors (Lipinski definition) is 0. The first-order valence-electron chi connectivity index (χ1n) is 5.18. The molecule has 1 saturated carbocycles. The minimum Gasteiger partial charge on any atom is -0.0683 e. The first-order valence-corrected chi connectivity index (χ1v) is 5.18. The molecule has 0 aliphatic heterocycles. The average molecular weight is 156 g/mol. The summed E-state index contributed by atoms with van der Waals surface area (Å²) in [6.45, 7) is 11.1. The van der Waals surface area contributed by atoms with Gasteiger partial charge in [0.1, 0.15) is 0 Å². The Morgan fingerprint density at radius 3 is 1.00 bits per heavy atom. The van der Waals surface area contributed by atoms with Crippen LogP contribution in [0, 0.1) is 17.8 Å². The van der Waals surface area contributed by atoms with Gasteiger partial charge in [-0.1, -0.05) is 34.6 Å². The molecule has 0 N–H and O–H groups in total. The Balaban J connectivity index is 0.000000461. The predicted octanol–water partition coefficient (Wildman–Crippen LogP) is 4.10. The van der Waals surface area contributed by atoms with Gasteiger partial charge in [0.2, 0.25) is 0 Å². The standard InChI is InChI=1S/C9H18.C2H6/c1-7-4-8(2)6-9(3)5-7;1-2/h7-9H,4-6H2,1-3H3;1-2H3. The van der Waals surface area contributed by atoms with Gasteiger partial charge in [-0.3, -0.25) is 0 Å². The van der Waals surface area contributed by atoms with Crippen molar-refractivity contribution in [3.8, 4) is 0 Å². The molecule has 0 unspecified atom stereocenters. The summed E-state index contributed by atoms with van der Waals surface area (Å²) >= 11 is 0. The van der Waals surface area contributed by atoms with Crippen molar-refractivity contribution in [2.24, 2.45) is 17.8 Å². The molecule has 0 saturated heterocycles. The molecule has 1 rings (SSSR count). The average Bonchev–Trinajstić information content (AvgIpc) is 1.88. The van der Waals surface area contributed by atoms with Gasteiger partial charge in [0.05, 0.1) is 0 Å². The van der Waals surface area contributed by atoms with Crippen molar-refractivity contribution < 1.29 is 0 Å². The van der Waals surface area contributed by atoms with Crippen molar-refractivity contribution in [1.82, 2.24) is 0 Å². The Labute approximate surface area is 72.4 Å². The van der Waals surface area contributed by atoms with Gasteiger partial charge in [0.15, 0.2) is 0 Å². The molecule has 0 heterocycles. The highest BCUT2D eigenvalue weighted by Crippen LogP contribution is 2.31. The van der Waals surface area contributed by atoms with Crippen LogP contribution in [0.1, 0.15) is 53.9 Å². The van der Waals surface area contributed by atoms with Crippen molar-refractivity contribution in [3.63, 3.8) is 0 Å². The third kappa shape index (κ3) is 4.44. The first-order chi connectivity index (χ1) is 5.18. The van der Waals surface area contributed by atoms with Gasteiger partial charge < -0.3 is 0 Å². The van der Waals surface area contributed by atoms with Crippen molar-refractivity contribution >= 4 is 0 Å². The molecule has 0 radical (unpaired) electrons. The summed E-state index contributed by atoms with van der Waals surface area (Å²) in [5.41, 5.74) is 0. The summed E-state index contributed by atoms with van der Waals surface area (Å²) in [5.74, 6) is 2.97. The molecule has 68 valence electrons. The number of hydrogen-bond donors (Lipinski definition) is 0. The van der Waals surface area contributed by atoms with Crippen LogP contribution >= 0.6 is 0 Å². The van der Waals surface area contributed by atoms with Gasteiger partial charge in [-0.05, 0) is 37.0 Å². The van der Waals surface area contributed by atoms with E-state index < -0.39 is 0 Å². The molecule has 0 atom stereocenters. The molecule has 0 aromatic carbocycles. The molecule has 0 heteroatoms. The van der Waals surface area contributed by atoms with Crippen LogP contribution < -0.4 is 0 Å². The molecule has 0 amide bonds. The normalized spacial score (nSPS) is 37.4. The van der Waals surface area contributed by atoms with Gasteiger partial charge in [-0.25, -0.2) is 0 Å². The molecule has 0 spiro atoms. The van der Waals surface area contributed by atoms with Crippen LogP contribution in [-0.4, -0.2) is 0 Å². The summed E-state index contributed by atoms with van der Waals surface area (Å²) in [7, 11) is 0. The van der Waals surface area contributed by atoms with E-state index in [0.29, 0.717) is 0 Å². The van der Waals surface area contributed by atoms with Crippen LogP contribution in [0.25, 0.3) is 0 Å². The van der Waals surface area contributed by atoms with Gasteiger partial charge in [-0.15, -0.1) is 0 Å². The smallest absolute Gasteiger partial charge is 0.0438 e. The van der Waals surface area contributed by atoms with Crippen LogP contribution in [0.3, 0.4) is 0 Å². The van der Waals surface area contributed by atoms with Crippen LogP contribution in [-0.2, 0) is 0 Å². The zero-order chi connectivity index (χ0) is 8.85. The summed E-state index contributed by atoms with van der Waals surface area (Å²) in [6.07, 6.45) is 4.39. The zero-order valence-electron chi connectivity index (χ0n) is 8.85. The van der Waals surface area contributed by atoms with E-state index in [2.05, 4.69) is 20.8 Å². The van der Waals surface area contributed by atoms with Crippen LogP contribution in [0.2, 0.25) is 0 Å². The van der Waals surface area contributed by atoms with E-state index in [4.69, 9.17) is 0 Å². The Morgan fingerprint density at radius 2 is 0.818 bits per heavy atom. The van der Waals surface area contributed by atoms with Crippen molar-refractivity contribution in [1.29, 1.82) is 0 Å². The van der Waals surface area contributed by atoms with Crippen molar-refractivity contribution in [2.75, 3.05) is 0 Å². The van der Waals surface area contributed by atoms with E-state index in [1.807, 2.05) is 13.8 Å². The van der Waals surface area contributed by atoms with Crippen LogP contribution in [0.5, 0.6) is 0 Å². The molecule has 0 bridgehead atoms. The maximum atomic E-state index is 2.38. The van der Waals surface area contributed by atoms with E-state index in [1.165, 1.54) is 19.3 Å². The second kappa shape index (κ2) is 5.62. The fourth-order valence-corrected chi connectivity index (χ4v) is 2.35. The second-order valence-corrected chi connectivity index (χ2v) is 4.02. The first kappa shape index (κ1) is 11.0. The Bertz CT molecular complexity index is 61.0. The van der Waals surface area contributed by atoms with Gasteiger partial charge >= 0.3 is 0 Å². The largest absolute Gasteiger partial charge is 0.0683 e. The quantitative estimate of drug-likeness (QED) is 0.495. The van der Waals surface area contributed by atoms with E-state index >= 15 is 0 Å². The van der Waals surface area contributed by atoms with Crippen molar-refractivity contribution in [2.45, 2.75) is 53.9 Å². The van der Waals surface area contributed by atoms with E-state index in [1.54, 1.807) is 0 Å². The molecule has 0 nitrogen and oxygen atoms in total. The fourth-order valence-electron chi connectivity index (χ4n) is 2.35. The van der Waals surface area contributed by atoms with Crippen LogP contribution in [0.4, 0.5) is 0 Å². The van der Waals surface area contributed by atoms with Gasteiger partial charge in [0, 0.05) is 0 Å². The second-order valence-electron chi connectivity index (χ2n) is 4.02. The zero-order valence-corrected chi connectivity index (χ0v) is 8.85. The summed E-state index contributed by atoms with van der Waals surface area (Å²) < 4.78 is 0. The summed E-state index contributed by atoms with van der Waals surface area (Å²) in [6, 6.07) is 0. The number of rotatable bonds is 0. The minimum absolute atomic E-state index is 0.990. The minimum atomic E-state index is 0.990. The maximum absolute atomic E-state index is 2.38. The fraction of sp³-hybridized carbons (Fsp3) is 1.00. The molecule has 11 heavy (non-hydrogen) atoms. The molecular formula is C11H24. The highest BCUT2D eigenvalue weighted by molar-refractivity contribution is 4.71. The lowest BCUT2D eigenvalue weighted by Crippen LogP contribution is -2.16. The molecule has 1 fully saturated rings. The monoisotopic (exact) mass is 156 g/mol. The predicted molar refractivity (Wildman–Crippen MR) is 52.7 cm³/mol. The SMILES string of the molecule is CC.CC1CC(C)CC(C)C1. The molecule has 0 aromatic rings. The molecular weight excluding hydrogens is 132 g/mol. The third-order valence-electron chi connectivity index (χ3n) is 2.41. The lowest BCUT2D eigenvalue weighted by atomic mass is 9.78. The highest BCUT2D eigenvalue weighted by atomic mass is 14.3. The van der Waals surface area contributed by atoms with Crippen LogP contribution in [0.15, 0.2) is 0 Å². The Hall–Kier alpha value is 0. The lowest BCUT2D eigenvalue weighted by molar-refractivity contribution is 0.233. The molecule has 1 aliphatic rings. The van der Waals surface area contributed by atoms with Crippen molar-refractivity contribution in [3.05, 3.63) is 0 Å². The molecule has 0 aromatic heterocycles. The summed E-state index contributed by atoms with van der Waals surface area (Å²) in [5, 5.41) is 0. The van der Waals surface area contributed by atoms with Gasteiger partial charge in [0.25, 0.3) is 0 Å². The molecule has 1 aliphatic carbocycles. The van der Waals surface area contributed by atoms with Gasteiger partial charge in [-0.2, -0.15) is 0 Å². The lowest BCUT2D eigenvalue weighted by Gasteiger charge is -2.28.